The van der Waals surface area contributed by atoms with E-state index in [2.05, 4.69) is 40.8 Å². The lowest BCUT2D eigenvalue weighted by atomic mass is 9.74. The highest BCUT2D eigenvalue weighted by molar-refractivity contribution is 6.74. The van der Waals surface area contributed by atoms with E-state index in [0.29, 0.717) is 18.6 Å². The Bertz CT molecular complexity index is 894. The zero-order valence-corrected chi connectivity index (χ0v) is 21.8. The van der Waals surface area contributed by atoms with Crippen LogP contribution in [0.15, 0.2) is 30.3 Å². The first kappa shape index (κ1) is 24.4. The van der Waals surface area contributed by atoms with Crippen LogP contribution < -0.4 is 0 Å². The second-order valence-electron chi connectivity index (χ2n) is 11.7. The lowest BCUT2D eigenvalue weighted by molar-refractivity contribution is -0.155. The van der Waals surface area contributed by atoms with Gasteiger partial charge in [-0.3, -0.25) is 4.79 Å². The van der Waals surface area contributed by atoms with Gasteiger partial charge in [-0.2, -0.15) is 0 Å². The smallest absolute Gasteiger partial charge is 0.338 e. The van der Waals surface area contributed by atoms with E-state index in [9.17, 15) is 9.59 Å². The van der Waals surface area contributed by atoms with E-state index in [1.165, 1.54) is 0 Å². The minimum atomic E-state index is -2.00. The molecule has 2 saturated heterocycles. The minimum Gasteiger partial charge on any atom is -0.459 e. The Morgan fingerprint density at radius 2 is 1.91 bits per heavy atom. The van der Waals surface area contributed by atoms with Crippen molar-refractivity contribution in [3.8, 4) is 0 Å². The lowest BCUT2D eigenvalue weighted by Crippen LogP contribution is -2.51. The third kappa shape index (κ3) is 4.52. The Kier molecular flexibility index (Phi) is 6.29. The summed E-state index contributed by atoms with van der Waals surface area (Å²) in [6.07, 6.45) is 2.64. The third-order valence-corrected chi connectivity index (χ3v) is 12.8. The predicted molar refractivity (Wildman–Crippen MR) is 127 cm³/mol. The summed E-state index contributed by atoms with van der Waals surface area (Å²) in [7, 11) is -2.00. The number of carbonyl (C=O) groups excluding carboxylic acids is 2. The van der Waals surface area contributed by atoms with Crippen LogP contribution in [0.3, 0.4) is 0 Å². The van der Waals surface area contributed by atoms with Crippen LogP contribution in [0.5, 0.6) is 0 Å². The summed E-state index contributed by atoms with van der Waals surface area (Å²) in [5, 5.41) is 0.0825. The molecule has 0 radical (unpaired) electrons. The molecule has 3 aliphatic rings. The van der Waals surface area contributed by atoms with Crippen LogP contribution in [0.1, 0.15) is 70.2 Å². The van der Waals surface area contributed by atoms with Gasteiger partial charge in [0.25, 0.3) is 0 Å². The molecule has 0 unspecified atom stereocenters. The quantitative estimate of drug-likeness (QED) is 0.428. The van der Waals surface area contributed by atoms with Crippen molar-refractivity contribution in [2.75, 3.05) is 6.61 Å². The normalized spacial score (nSPS) is 34.2. The Labute approximate surface area is 198 Å². The Morgan fingerprint density at radius 1 is 1.21 bits per heavy atom. The molecule has 2 heterocycles. The number of benzene rings is 1. The van der Waals surface area contributed by atoms with Crippen LogP contribution in [0, 0.1) is 5.92 Å². The molecule has 2 aliphatic heterocycles. The van der Waals surface area contributed by atoms with Gasteiger partial charge in [-0.1, -0.05) is 39.0 Å². The molecule has 33 heavy (non-hydrogen) atoms. The van der Waals surface area contributed by atoms with Gasteiger partial charge in [0, 0.05) is 5.92 Å². The zero-order valence-electron chi connectivity index (χ0n) is 20.8. The first-order chi connectivity index (χ1) is 15.4. The van der Waals surface area contributed by atoms with Crippen molar-refractivity contribution < 1.29 is 28.2 Å². The van der Waals surface area contributed by atoms with Gasteiger partial charge in [-0.25, -0.2) is 4.79 Å². The number of hydrogen-bond donors (Lipinski definition) is 0. The van der Waals surface area contributed by atoms with Gasteiger partial charge in [-0.05, 0) is 62.9 Å². The van der Waals surface area contributed by atoms with Crippen molar-refractivity contribution in [1.29, 1.82) is 0 Å². The van der Waals surface area contributed by atoms with Crippen LogP contribution >= 0.6 is 0 Å². The van der Waals surface area contributed by atoms with Gasteiger partial charge in [0.05, 0.1) is 24.2 Å². The SMILES string of the molecule is CC(C)(C)[Si](C)(C)OC[C@]1(C)O[C@@H]2CC(=O)O[C@@]23CCC[C@H](OC(=O)c2ccccc2)C[C@@H]31. The lowest BCUT2D eigenvalue weighted by Gasteiger charge is -2.42. The zero-order chi connectivity index (χ0) is 24.1. The fourth-order valence-electron chi connectivity index (χ4n) is 5.40. The van der Waals surface area contributed by atoms with Crippen molar-refractivity contribution in [2.45, 2.75) is 101 Å². The topological polar surface area (TPSA) is 71.1 Å². The highest BCUT2D eigenvalue weighted by atomic mass is 28.4. The molecule has 6 nitrogen and oxygen atoms in total. The number of carbonyl (C=O) groups is 2. The van der Waals surface area contributed by atoms with Crippen LogP contribution in [-0.2, 0) is 23.4 Å². The average Bonchev–Trinajstić information content (AvgIpc) is 3.05. The van der Waals surface area contributed by atoms with E-state index in [4.69, 9.17) is 18.6 Å². The second kappa shape index (κ2) is 8.50. The maximum atomic E-state index is 12.8. The van der Waals surface area contributed by atoms with Crippen molar-refractivity contribution >= 4 is 20.3 Å². The molecule has 3 fully saturated rings. The standard InChI is InChI=1S/C26H38O6Si/c1-24(2,3)33(5,6)29-17-25(4)20-15-19(30-23(28)18-11-8-7-9-12-18)13-10-14-26(20)21(31-25)16-22(27)32-26/h7-9,11-12,19-21H,10,13-17H2,1-6H3/t19-,20+,21+,25-,26+/m0/s1. The fraction of sp³-hybridized carbons (Fsp3) is 0.692. The molecular weight excluding hydrogens is 436 g/mol. The fourth-order valence-corrected chi connectivity index (χ4v) is 6.48. The van der Waals surface area contributed by atoms with Gasteiger partial charge in [-0.15, -0.1) is 0 Å². The molecule has 7 heteroatoms. The Hall–Kier alpha value is -1.70. The monoisotopic (exact) mass is 474 g/mol. The van der Waals surface area contributed by atoms with Crippen LogP contribution in [0.4, 0.5) is 0 Å². The maximum Gasteiger partial charge on any atom is 0.338 e. The van der Waals surface area contributed by atoms with Gasteiger partial charge in [0.15, 0.2) is 8.32 Å². The van der Waals surface area contributed by atoms with E-state index in [-0.39, 0.29) is 41.5 Å². The molecule has 1 aromatic carbocycles. The summed E-state index contributed by atoms with van der Waals surface area (Å²) in [5.74, 6) is -0.603. The average molecular weight is 475 g/mol. The Balaban J connectivity index is 1.57. The molecule has 4 rings (SSSR count). The van der Waals surface area contributed by atoms with Gasteiger partial charge in [0.2, 0.25) is 0 Å². The summed E-state index contributed by atoms with van der Waals surface area (Å²) in [5.41, 5.74) is -0.715. The first-order valence-corrected chi connectivity index (χ1v) is 15.1. The molecule has 5 atom stereocenters. The molecule has 1 saturated carbocycles. The molecule has 0 N–H and O–H groups in total. The van der Waals surface area contributed by atoms with Gasteiger partial charge < -0.3 is 18.6 Å². The summed E-state index contributed by atoms with van der Waals surface area (Å²) < 4.78 is 25.2. The summed E-state index contributed by atoms with van der Waals surface area (Å²) in [6.45, 7) is 13.7. The predicted octanol–water partition coefficient (Wildman–Crippen LogP) is 5.27. The van der Waals surface area contributed by atoms with Crippen molar-refractivity contribution in [1.82, 2.24) is 0 Å². The largest absolute Gasteiger partial charge is 0.459 e. The molecule has 0 amide bonds. The number of hydrogen-bond acceptors (Lipinski definition) is 6. The van der Waals surface area contributed by atoms with Crippen LogP contribution in [-0.4, -0.2) is 50.3 Å². The minimum absolute atomic E-state index is 0.0825. The molecule has 0 aromatic heterocycles. The Morgan fingerprint density at radius 3 is 2.58 bits per heavy atom. The summed E-state index contributed by atoms with van der Waals surface area (Å²) in [4.78, 5) is 25.1. The summed E-state index contributed by atoms with van der Waals surface area (Å²) >= 11 is 0. The third-order valence-electron chi connectivity index (χ3n) is 8.34. The highest BCUT2D eigenvalue weighted by Crippen LogP contribution is 2.56. The van der Waals surface area contributed by atoms with Crippen molar-refractivity contribution in [3.63, 3.8) is 0 Å². The second-order valence-corrected chi connectivity index (χ2v) is 16.5. The van der Waals surface area contributed by atoms with Crippen molar-refractivity contribution in [3.05, 3.63) is 35.9 Å². The molecule has 0 bridgehead atoms. The highest BCUT2D eigenvalue weighted by Gasteiger charge is 2.68. The molecule has 1 spiro atoms. The van der Waals surface area contributed by atoms with E-state index in [0.717, 1.165) is 19.3 Å². The number of rotatable bonds is 5. The van der Waals surface area contributed by atoms with E-state index in [1.54, 1.807) is 12.1 Å². The molecule has 182 valence electrons. The number of esters is 2. The summed E-state index contributed by atoms with van der Waals surface area (Å²) in [6, 6.07) is 9.09. The maximum absolute atomic E-state index is 12.8. The van der Waals surface area contributed by atoms with Gasteiger partial charge >= 0.3 is 11.9 Å². The van der Waals surface area contributed by atoms with Crippen LogP contribution in [0.2, 0.25) is 18.1 Å². The molecule has 1 aliphatic carbocycles. The van der Waals surface area contributed by atoms with E-state index >= 15 is 0 Å². The van der Waals surface area contributed by atoms with Crippen LogP contribution in [0.25, 0.3) is 0 Å². The molecular formula is C26H38O6Si. The molecule has 1 aromatic rings. The first-order valence-electron chi connectivity index (χ1n) is 12.2. The number of ether oxygens (including phenoxy) is 3. The van der Waals surface area contributed by atoms with E-state index in [1.807, 2.05) is 18.2 Å². The van der Waals surface area contributed by atoms with Gasteiger partial charge in [0.1, 0.15) is 17.8 Å². The van der Waals surface area contributed by atoms with Crippen molar-refractivity contribution in [2.24, 2.45) is 5.92 Å². The van der Waals surface area contributed by atoms with E-state index < -0.39 is 19.5 Å².